The molecule has 0 unspecified atom stereocenters. The molecule has 3 heterocycles. The van der Waals surface area contributed by atoms with Crippen molar-refractivity contribution < 1.29 is 23.9 Å². The van der Waals surface area contributed by atoms with Gasteiger partial charge >= 0.3 is 0 Å². The van der Waals surface area contributed by atoms with Gasteiger partial charge in [0.1, 0.15) is 23.0 Å². The molecule has 0 aliphatic carbocycles. The third-order valence-electron chi connectivity index (χ3n) is 8.95. The smallest absolute Gasteiger partial charge is 0.238 e. The second kappa shape index (κ2) is 10.3. The Labute approximate surface area is 249 Å². The molecule has 0 bridgehead atoms. The van der Waals surface area contributed by atoms with Crippen molar-refractivity contribution in [2.24, 2.45) is 5.92 Å². The maximum absolute atomic E-state index is 15.1. The molecule has 0 aromatic heterocycles. The van der Waals surface area contributed by atoms with E-state index < -0.39 is 23.4 Å². The van der Waals surface area contributed by atoms with Crippen molar-refractivity contribution >= 4 is 29.2 Å². The lowest BCUT2D eigenvalue weighted by atomic mass is 9.62. The Bertz CT molecular complexity index is 1800. The lowest BCUT2D eigenvalue weighted by Crippen LogP contribution is -2.49. The second-order valence-electron chi connectivity index (χ2n) is 11.0. The maximum atomic E-state index is 15.1. The Kier molecular flexibility index (Phi) is 6.38. The molecule has 0 radical (unpaired) electrons. The summed E-state index contributed by atoms with van der Waals surface area (Å²) >= 11 is 0. The van der Waals surface area contributed by atoms with Crippen LogP contribution in [0.2, 0.25) is 0 Å². The number of anilines is 1. The summed E-state index contributed by atoms with van der Waals surface area (Å²) in [6, 6.07) is 27.7. The fourth-order valence-electron chi connectivity index (χ4n) is 7.21. The molecule has 7 nitrogen and oxygen atoms in total. The Balaban J connectivity index is 1.52. The monoisotopic (exact) mass is 570 g/mol. The molecule has 4 atom stereocenters. The topological polar surface area (TPSA) is 84.9 Å². The SMILES string of the molecule is CCOc1ccccc1C(=O)[C@@H]1[C@H](C(=O)c2ccc(OC)cc2)N2C=Cc3ccccc3[C@@H]2[C@@]12C(=O)Nc1ccccc12. The zero-order chi connectivity index (χ0) is 29.7. The number of nitrogens with one attached hydrogen (secondary N) is 1. The molecule has 3 aliphatic heterocycles. The van der Waals surface area contributed by atoms with Crippen molar-refractivity contribution in [1.29, 1.82) is 0 Å². The summed E-state index contributed by atoms with van der Waals surface area (Å²) in [5.41, 5.74) is 2.55. The highest BCUT2D eigenvalue weighted by molar-refractivity contribution is 6.17. The summed E-state index contributed by atoms with van der Waals surface area (Å²) in [6.45, 7) is 2.22. The number of fused-ring (bicyclic) bond motifs is 6. The molecule has 3 aliphatic rings. The number of methoxy groups -OCH3 is 1. The first kappa shape index (κ1) is 26.7. The average Bonchev–Trinajstić information content (AvgIpc) is 3.53. The lowest BCUT2D eigenvalue weighted by Gasteiger charge is -2.38. The molecular formula is C36H30N2O5. The summed E-state index contributed by atoms with van der Waals surface area (Å²) in [5.74, 6) is -0.903. The van der Waals surface area contributed by atoms with Gasteiger partial charge in [0.2, 0.25) is 5.91 Å². The van der Waals surface area contributed by atoms with Crippen LogP contribution in [0, 0.1) is 5.92 Å². The molecular weight excluding hydrogens is 540 g/mol. The Morgan fingerprint density at radius 1 is 0.884 bits per heavy atom. The van der Waals surface area contributed by atoms with Crippen LogP contribution in [0.5, 0.6) is 11.5 Å². The molecule has 7 rings (SSSR count). The van der Waals surface area contributed by atoms with Gasteiger partial charge in [0.15, 0.2) is 11.6 Å². The largest absolute Gasteiger partial charge is 0.497 e. The minimum Gasteiger partial charge on any atom is -0.497 e. The van der Waals surface area contributed by atoms with Gasteiger partial charge in [-0.2, -0.15) is 0 Å². The lowest BCUT2D eigenvalue weighted by molar-refractivity contribution is -0.122. The van der Waals surface area contributed by atoms with Crippen LogP contribution in [0.15, 0.2) is 103 Å². The average molecular weight is 571 g/mol. The van der Waals surface area contributed by atoms with E-state index in [1.165, 1.54) is 0 Å². The number of carbonyl (C=O) groups excluding carboxylic acids is 3. The first-order chi connectivity index (χ1) is 21.0. The quantitative estimate of drug-likeness (QED) is 0.271. The van der Waals surface area contributed by atoms with Crippen LogP contribution in [0.1, 0.15) is 50.4 Å². The summed E-state index contributed by atoms with van der Waals surface area (Å²) < 4.78 is 11.2. The molecule has 1 amide bonds. The standard InChI is InChI=1S/C36H30N2O5/c1-3-43-29-15-9-6-12-26(29)33(40)30-31(32(39)23-16-18-24(42-2)19-17-23)38-21-20-22-10-4-5-11-25(22)34(38)36(30)27-13-7-8-14-28(27)37-35(36)41/h4-21,30-31,34H,3H2,1-2H3,(H,37,41)/t30-,31+,34+,36-/m0/s1. The number of ketones is 2. The summed E-state index contributed by atoms with van der Waals surface area (Å²) in [5, 5.41) is 3.08. The van der Waals surface area contributed by atoms with E-state index in [2.05, 4.69) is 5.32 Å². The van der Waals surface area contributed by atoms with E-state index in [4.69, 9.17) is 9.47 Å². The van der Waals surface area contributed by atoms with Gasteiger partial charge in [0, 0.05) is 17.5 Å². The number of carbonyl (C=O) groups is 3. The van der Waals surface area contributed by atoms with Gasteiger partial charge in [-0.3, -0.25) is 14.4 Å². The molecule has 4 aromatic carbocycles. The minimum absolute atomic E-state index is 0.252. The van der Waals surface area contributed by atoms with Crippen molar-refractivity contribution in [1.82, 2.24) is 4.90 Å². The van der Waals surface area contributed by atoms with Gasteiger partial charge in [-0.15, -0.1) is 0 Å². The fourth-order valence-corrected chi connectivity index (χ4v) is 7.21. The highest BCUT2D eigenvalue weighted by Crippen LogP contribution is 2.62. The van der Waals surface area contributed by atoms with Crippen molar-refractivity contribution in [3.8, 4) is 11.5 Å². The van der Waals surface area contributed by atoms with Gasteiger partial charge in [-0.25, -0.2) is 0 Å². The number of Topliss-reactive ketones (excluding diaryl/α,β-unsaturated/α-hetero) is 2. The predicted molar refractivity (Wildman–Crippen MR) is 163 cm³/mol. The zero-order valence-corrected chi connectivity index (χ0v) is 23.8. The normalized spacial score (nSPS) is 22.9. The number of para-hydroxylation sites is 2. The van der Waals surface area contributed by atoms with Gasteiger partial charge < -0.3 is 19.7 Å². The molecule has 1 N–H and O–H groups in total. The number of nitrogens with zero attached hydrogens (tertiary/aromatic N) is 1. The molecule has 0 saturated carbocycles. The van der Waals surface area contributed by atoms with Gasteiger partial charge in [-0.1, -0.05) is 54.6 Å². The van der Waals surface area contributed by atoms with E-state index in [1.807, 2.05) is 78.7 Å². The Morgan fingerprint density at radius 3 is 2.40 bits per heavy atom. The van der Waals surface area contributed by atoms with Gasteiger partial charge in [0.05, 0.1) is 31.2 Å². The summed E-state index contributed by atoms with van der Waals surface area (Å²) in [7, 11) is 1.57. The van der Waals surface area contributed by atoms with E-state index in [1.54, 1.807) is 49.6 Å². The van der Waals surface area contributed by atoms with E-state index in [0.717, 1.165) is 11.1 Å². The van der Waals surface area contributed by atoms with Crippen molar-refractivity contribution in [2.45, 2.75) is 24.4 Å². The molecule has 43 heavy (non-hydrogen) atoms. The third kappa shape index (κ3) is 3.84. The first-order valence-corrected chi connectivity index (χ1v) is 14.4. The van der Waals surface area contributed by atoms with Crippen LogP contribution in [-0.4, -0.2) is 42.1 Å². The number of hydrogen-bond acceptors (Lipinski definition) is 6. The molecule has 4 aromatic rings. The minimum atomic E-state index is -1.40. The molecule has 214 valence electrons. The molecule has 1 fully saturated rings. The number of benzene rings is 4. The Hall–Kier alpha value is -5.17. The Morgan fingerprint density at radius 2 is 1.60 bits per heavy atom. The van der Waals surface area contributed by atoms with Crippen LogP contribution in [0.3, 0.4) is 0 Å². The fraction of sp³-hybridized carbons (Fsp3) is 0.194. The number of amides is 1. The van der Waals surface area contributed by atoms with Crippen LogP contribution >= 0.6 is 0 Å². The molecule has 1 spiro atoms. The number of ether oxygens (including phenoxy) is 2. The summed E-state index contributed by atoms with van der Waals surface area (Å²) in [4.78, 5) is 46.3. The van der Waals surface area contributed by atoms with Crippen molar-refractivity contribution in [3.63, 3.8) is 0 Å². The highest BCUT2D eigenvalue weighted by atomic mass is 16.5. The predicted octanol–water partition coefficient (Wildman–Crippen LogP) is 6.08. The van der Waals surface area contributed by atoms with E-state index >= 15 is 4.79 Å². The first-order valence-electron chi connectivity index (χ1n) is 14.4. The number of hydrogen-bond donors (Lipinski definition) is 1. The van der Waals surface area contributed by atoms with Gasteiger partial charge in [0.25, 0.3) is 0 Å². The second-order valence-corrected chi connectivity index (χ2v) is 11.0. The zero-order valence-electron chi connectivity index (χ0n) is 23.8. The number of rotatable bonds is 7. The van der Waals surface area contributed by atoms with Crippen LogP contribution < -0.4 is 14.8 Å². The molecule has 1 saturated heterocycles. The van der Waals surface area contributed by atoms with Gasteiger partial charge in [-0.05, 0) is 72.2 Å². The van der Waals surface area contributed by atoms with E-state index in [9.17, 15) is 9.59 Å². The van der Waals surface area contributed by atoms with Crippen molar-refractivity contribution in [3.05, 3.63) is 131 Å². The van der Waals surface area contributed by atoms with Crippen LogP contribution in [0.4, 0.5) is 5.69 Å². The third-order valence-corrected chi connectivity index (χ3v) is 8.95. The van der Waals surface area contributed by atoms with Crippen LogP contribution in [-0.2, 0) is 10.2 Å². The summed E-state index contributed by atoms with van der Waals surface area (Å²) in [6.07, 6.45) is 3.82. The maximum Gasteiger partial charge on any atom is 0.238 e. The molecule has 7 heteroatoms. The highest BCUT2D eigenvalue weighted by Gasteiger charge is 2.70. The van der Waals surface area contributed by atoms with Crippen molar-refractivity contribution in [2.75, 3.05) is 19.0 Å². The van der Waals surface area contributed by atoms with Crippen LogP contribution in [0.25, 0.3) is 6.08 Å². The van der Waals surface area contributed by atoms with E-state index in [0.29, 0.717) is 40.5 Å². The van der Waals surface area contributed by atoms with E-state index in [-0.39, 0.29) is 17.5 Å².